The summed E-state index contributed by atoms with van der Waals surface area (Å²) in [6.45, 7) is 9.68. The lowest BCUT2D eigenvalue weighted by Gasteiger charge is -2.58. The third-order valence-electron chi connectivity index (χ3n) is 9.34. The van der Waals surface area contributed by atoms with Crippen LogP contribution in [0, 0.1) is 34.5 Å². The first-order chi connectivity index (χ1) is 13.8. The van der Waals surface area contributed by atoms with Crippen LogP contribution in [0.4, 0.5) is 0 Å². The molecule has 0 spiro atoms. The lowest BCUT2D eigenvalue weighted by molar-refractivity contribution is -0.143. The highest BCUT2D eigenvalue weighted by Crippen LogP contribution is 2.65. The van der Waals surface area contributed by atoms with Crippen molar-refractivity contribution in [2.75, 3.05) is 6.61 Å². The number of carbonyl (C=O) groups excluding carboxylic acids is 1. The van der Waals surface area contributed by atoms with Gasteiger partial charge in [0.2, 0.25) is 0 Å². The van der Waals surface area contributed by atoms with E-state index in [1.54, 1.807) is 11.1 Å². The van der Waals surface area contributed by atoms with E-state index in [9.17, 15) is 9.90 Å². The average Bonchev–Trinajstić information content (AvgIpc) is 3.04. The Morgan fingerprint density at radius 2 is 1.93 bits per heavy atom. The zero-order chi connectivity index (χ0) is 20.8. The van der Waals surface area contributed by atoms with Crippen molar-refractivity contribution in [3.05, 3.63) is 23.3 Å². The molecule has 0 aromatic heterocycles. The van der Waals surface area contributed by atoms with Crippen molar-refractivity contribution in [2.45, 2.75) is 91.6 Å². The third kappa shape index (κ3) is 3.52. The molecule has 4 rings (SSSR count). The molecule has 0 amide bonds. The van der Waals surface area contributed by atoms with Crippen molar-refractivity contribution in [3.8, 4) is 0 Å². The summed E-state index contributed by atoms with van der Waals surface area (Å²) in [4.78, 5) is 11.8. The van der Waals surface area contributed by atoms with Crippen molar-refractivity contribution >= 4 is 5.97 Å². The molecule has 1 N–H and O–H groups in total. The van der Waals surface area contributed by atoms with Gasteiger partial charge in [-0.05, 0) is 92.8 Å². The molecule has 0 bridgehead atoms. The first kappa shape index (κ1) is 21.2. The van der Waals surface area contributed by atoms with Gasteiger partial charge < -0.3 is 9.84 Å². The van der Waals surface area contributed by atoms with Crippen LogP contribution in [0.5, 0.6) is 0 Å². The molecule has 7 atom stereocenters. The minimum Gasteiger partial charge on any atom is -0.466 e. The van der Waals surface area contributed by atoms with Gasteiger partial charge in [0, 0.05) is 6.42 Å². The van der Waals surface area contributed by atoms with Crippen molar-refractivity contribution in [3.63, 3.8) is 0 Å². The Bertz CT molecular complexity index is 707. The van der Waals surface area contributed by atoms with Crippen LogP contribution in [0.1, 0.15) is 85.5 Å². The molecule has 2 fully saturated rings. The molecule has 162 valence electrons. The van der Waals surface area contributed by atoms with Gasteiger partial charge in [-0.1, -0.05) is 44.1 Å². The number of aliphatic hydroxyl groups excluding tert-OH is 1. The van der Waals surface area contributed by atoms with Crippen LogP contribution < -0.4 is 0 Å². The largest absolute Gasteiger partial charge is 0.466 e. The van der Waals surface area contributed by atoms with E-state index in [0.717, 1.165) is 43.4 Å². The fourth-order valence-corrected chi connectivity index (χ4v) is 7.73. The lowest BCUT2D eigenvalue weighted by atomic mass is 9.47. The summed E-state index contributed by atoms with van der Waals surface area (Å²) < 4.78 is 5.14. The minimum atomic E-state index is -0.125. The average molecular weight is 401 g/mol. The van der Waals surface area contributed by atoms with Crippen LogP contribution in [0.2, 0.25) is 0 Å². The van der Waals surface area contributed by atoms with Gasteiger partial charge >= 0.3 is 5.97 Å². The van der Waals surface area contributed by atoms with Gasteiger partial charge in [-0.2, -0.15) is 0 Å². The maximum absolute atomic E-state index is 11.8. The first-order valence-electron chi connectivity index (χ1n) is 12.0. The monoisotopic (exact) mass is 400 g/mol. The summed E-state index contributed by atoms with van der Waals surface area (Å²) in [6, 6.07) is 0. The normalized spacial score (nSPS) is 42.1. The highest BCUT2D eigenvalue weighted by molar-refractivity contribution is 5.69. The van der Waals surface area contributed by atoms with Gasteiger partial charge in [-0.3, -0.25) is 4.79 Å². The van der Waals surface area contributed by atoms with E-state index < -0.39 is 0 Å². The number of hydrogen-bond acceptors (Lipinski definition) is 3. The van der Waals surface area contributed by atoms with E-state index in [1.165, 1.54) is 25.7 Å². The Morgan fingerprint density at radius 3 is 2.69 bits per heavy atom. The topological polar surface area (TPSA) is 46.5 Å². The molecule has 0 unspecified atom stereocenters. The Hall–Kier alpha value is -1.09. The van der Waals surface area contributed by atoms with Crippen LogP contribution in [0.15, 0.2) is 23.3 Å². The smallest absolute Gasteiger partial charge is 0.305 e. The molecule has 0 heterocycles. The predicted octanol–water partition coefficient (Wildman–Crippen LogP) is 5.83. The van der Waals surface area contributed by atoms with Gasteiger partial charge in [0.1, 0.15) is 0 Å². The number of esters is 1. The summed E-state index contributed by atoms with van der Waals surface area (Å²) in [5.74, 6) is 2.68. The fraction of sp³-hybridized carbons (Fsp3) is 0.808. The maximum atomic E-state index is 11.8. The van der Waals surface area contributed by atoms with Gasteiger partial charge in [-0.15, -0.1) is 0 Å². The molecular weight excluding hydrogens is 360 g/mol. The van der Waals surface area contributed by atoms with Crippen molar-refractivity contribution in [2.24, 2.45) is 34.5 Å². The molecule has 2 saturated carbocycles. The SMILES string of the molecule is CCOC(=O)CC[C@@H](C)C1=CC[C@H]2[C@@H]3CC=C4C[C@@H](O)CC[C@]4(C)[C@H]3CC[C@]12C. The summed E-state index contributed by atoms with van der Waals surface area (Å²) in [5.41, 5.74) is 3.77. The van der Waals surface area contributed by atoms with Gasteiger partial charge in [-0.25, -0.2) is 0 Å². The highest BCUT2D eigenvalue weighted by Gasteiger charge is 2.56. The van der Waals surface area contributed by atoms with Crippen molar-refractivity contribution in [1.29, 1.82) is 0 Å². The van der Waals surface area contributed by atoms with E-state index in [-0.39, 0.29) is 12.1 Å². The van der Waals surface area contributed by atoms with Crippen molar-refractivity contribution in [1.82, 2.24) is 0 Å². The quantitative estimate of drug-likeness (QED) is 0.467. The zero-order valence-corrected chi connectivity index (χ0v) is 18.9. The molecule has 4 aliphatic carbocycles. The summed E-state index contributed by atoms with van der Waals surface area (Å²) >= 11 is 0. The van der Waals surface area contributed by atoms with Gasteiger partial charge in [0.05, 0.1) is 12.7 Å². The number of hydrogen-bond donors (Lipinski definition) is 1. The summed E-state index contributed by atoms with van der Waals surface area (Å²) in [6.07, 6.45) is 14.4. The Kier molecular flexibility index (Phi) is 5.74. The molecule has 3 nitrogen and oxygen atoms in total. The molecule has 4 aliphatic rings. The highest BCUT2D eigenvalue weighted by atomic mass is 16.5. The Labute approximate surface area is 177 Å². The molecular formula is C26H40O3. The number of carbonyl (C=O) groups is 1. The molecule has 0 saturated heterocycles. The predicted molar refractivity (Wildman–Crippen MR) is 116 cm³/mol. The van der Waals surface area contributed by atoms with Crippen LogP contribution in [-0.2, 0) is 9.53 Å². The van der Waals surface area contributed by atoms with E-state index in [0.29, 0.717) is 29.8 Å². The summed E-state index contributed by atoms with van der Waals surface area (Å²) in [7, 11) is 0. The number of rotatable bonds is 5. The number of fused-ring (bicyclic) bond motifs is 5. The molecule has 29 heavy (non-hydrogen) atoms. The number of allylic oxidation sites excluding steroid dienone is 3. The standard InChI is InChI=1S/C26H40O3/c1-5-29-24(28)11-6-17(2)21-9-10-22-20-8-7-18-16-19(27)12-14-25(18,3)23(20)13-15-26(21,22)4/h7,9,17,19-20,22-23,27H,5-6,8,10-16H2,1-4H3/t17-,19+,20+,22+,23+,25+,26-/m1/s1. The molecule has 0 radical (unpaired) electrons. The van der Waals surface area contributed by atoms with E-state index in [2.05, 4.69) is 32.9 Å². The second-order valence-corrected chi connectivity index (χ2v) is 10.8. The van der Waals surface area contributed by atoms with E-state index in [4.69, 9.17) is 4.74 Å². The first-order valence-corrected chi connectivity index (χ1v) is 12.0. The Balaban J connectivity index is 1.49. The number of aliphatic hydroxyl groups is 1. The van der Waals surface area contributed by atoms with Crippen LogP contribution in [-0.4, -0.2) is 23.8 Å². The van der Waals surface area contributed by atoms with Gasteiger partial charge in [0.25, 0.3) is 0 Å². The molecule has 0 aliphatic heterocycles. The van der Waals surface area contributed by atoms with Crippen LogP contribution in [0.3, 0.4) is 0 Å². The van der Waals surface area contributed by atoms with Gasteiger partial charge in [0.15, 0.2) is 0 Å². The Morgan fingerprint density at radius 1 is 1.17 bits per heavy atom. The van der Waals surface area contributed by atoms with E-state index in [1.807, 2.05) is 6.92 Å². The lowest BCUT2D eigenvalue weighted by Crippen LogP contribution is -2.50. The molecule has 0 aromatic carbocycles. The third-order valence-corrected chi connectivity index (χ3v) is 9.34. The van der Waals surface area contributed by atoms with Crippen molar-refractivity contribution < 1.29 is 14.6 Å². The minimum absolute atomic E-state index is 0.0549. The van der Waals surface area contributed by atoms with Crippen LogP contribution in [0.25, 0.3) is 0 Å². The second-order valence-electron chi connectivity index (χ2n) is 10.8. The maximum Gasteiger partial charge on any atom is 0.305 e. The molecule has 0 aromatic rings. The zero-order valence-electron chi connectivity index (χ0n) is 18.9. The second kappa shape index (κ2) is 7.87. The van der Waals surface area contributed by atoms with Crippen LogP contribution >= 0.6 is 0 Å². The fourth-order valence-electron chi connectivity index (χ4n) is 7.73. The van der Waals surface area contributed by atoms with E-state index >= 15 is 0 Å². The molecule has 3 heteroatoms. The number of ether oxygens (including phenoxy) is 1. The summed E-state index contributed by atoms with van der Waals surface area (Å²) in [5, 5.41) is 10.2.